The van der Waals surface area contributed by atoms with E-state index in [-0.39, 0.29) is 17.4 Å². The normalized spacial score (nSPS) is 10.9. The number of unbranched alkanes of at least 4 members (excludes halogenated alkanes) is 1. The van der Waals surface area contributed by atoms with Crippen LogP contribution in [-0.2, 0) is 9.59 Å². The molecule has 11 heteroatoms. The molecule has 0 saturated heterocycles. The van der Waals surface area contributed by atoms with Crippen molar-refractivity contribution in [3.8, 4) is 23.0 Å². The van der Waals surface area contributed by atoms with E-state index in [4.69, 9.17) is 18.9 Å². The van der Waals surface area contributed by atoms with Gasteiger partial charge < -0.3 is 34.9 Å². The highest BCUT2D eigenvalue weighted by Crippen LogP contribution is 2.38. The van der Waals surface area contributed by atoms with E-state index in [1.54, 1.807) is 66.7 Å². The summed E-state index contributed by atoms with van der Waals surface area (Å²) in [6.07, 6.45) is 3.58. The number of ether oxygens (including phenoxy) is 4. The van der Waals surface area contributed by atoms with Gasteiger partial charge in [-0.25, -0.2) is 0 Å². The molecule has 10 nitrogen and oxygen atoms in total. The molecule has 0 aliphatic heterocycles. The first-order chi connectivity index (χ1) is 23.3. The third-order valence-electron chi connectivity index (χ3n) is 6.91. The maximum Gasteiger partial charge on any atom is 0.272 e. The van der Waals surface area contributed by atoms with Crippen molar-refractivity contribution >= 4 is 46.9 Å². The van der Waals surface area contributed by atoms with Crippen LogP contribution >= 0.6 is 11.8 Å². The van der Waals surface area contributed by atoms with Crippen molar-refractivity contribution in [1.29, 1.82) is 0 Å². The summed E-state index contributed by atoms with van der Waals surface area (Å²) in [6, 6.07) is 26.3. The molecule has 0 unspecified atom stereocenters. The average Bonchev–Trinajstić information content (AvgIpc) is 3.11. The van der Waals surface area contributed by atoms with E-state index in [0.717, 1.165) is 23.5 Å². The number of nitrogens with one attached hydrogen (secondary N) is 3. The van der Waals surface area contributed by atoms with Crippen LogP contribution in [0.5, 0.6) is 23.0 Å². The maximum atomic E-state index is 13.5. The van der Waals surface area contributed by atoms with Crippen LogP contribution in [0.4, 0.5) is 11.4 Å². The highest BCUT2D eigenvalue weighted by atomic mass is 32.2. The summed E-state index contributed by atoms with van der Waals surface area (Å²) in [4.78, 5) is 40.0. The zero-order valence-electron chi connectivity index (χ0n) is 27.3. The van der Waals surface area contributed by atoms with E-state index in [2.05, 4.69) is 22.9 Å². The standard InChI is InChI=1S/C37H39N3O7S/c1-5-6-20-47-29-16-12-27(13-17-29)38-34(41)24-48-30-18-14-28(15-19-30)39-37(43)31(40-36(42)26-10-8-7-9-11-26)21-25-22-32(44-2)35(46-4)33(23-25)45-3/h7-19,21-23H,5-6,20,24H2,1-4H3,(H,38,41)(H,39,43)(H,40,42)/b31-21-. The zero-order chi connectivity index (χ0) is 34.3. The zero-order valence-corrected chi connectivity index (χ0v) is 28.1. The van der Waals surface area contributed by atoms with E-state index in [0.29, 0.717) is 46.4 Å². The fourth-order valence-electron chi connectivity index (χ4n) is 4.44. The second-order valence-electron chi connectivity index (χ2n) is 10.4. The van der Waals surface area contributed by atoms with E-state index in [9.17, 15) is 14.4 Å². The first-order valence-electron chi connectivity index (χ1n) is 15.3. The molecule has 3 N–H and O–H groups in total. The van der Waals surface area contributed by atoms with Crippen LogP contribution in [-0.4, -0.2) is 51.4 Å². The third kappa shape index (κ3) is 10.3. The minimum atomic E-state index is -0.547. The molecule has 0 atom stereocenters. The molecule has 0 aliphatic rings. The Morgan fingerprint density at radius 3 is 2.00 bits per heavy atom. The van der Waals surface area contributed by atoms with E-state index >= 15 is 0 Å². The number of hydrogen-bond donors (Lipinski definition) is 3. The van der Waals surface area contributed by atoms with Gasteiger partial charge in [-0.2, -0.15) is 0 Å². The molecule has 250 valence electrons. The Hall–Kier alpha value is -5.42. The number of anilines is 2. The topological polar surface area (TPSA) is 124 Å². The molecule has 0 radical (unpaired) electrons. The van der Waals surface area contributed by atoms with Gasteiger partial charge >= 0.3 is 0 Å². The van der Waals surface area contributed by atoms with Gasteiger partial charge in [0, 0.05) is 21.8 Å². The molecule has 0 spiro atoms. The van der Waals surface area contributed by atoms with Gasteiger partial charge in [0.1, 0.15) is 11.4 Å². The van der Waals surface area contributed by atoms with Crippen molar-refractivity contribution in [3.63, 3.8) is 0 Å². The Morgan fingerprint density at radius 2 is 1.40 bits per heavy atom. The number of methoxy groups -OCH3 is 3. The Kier molecular flexibility index (Phi) is 13.3. The van der Waals surface area contributed by atoms with Crippen molar-refractivity contribution in [1.82, 2.24) is 5.32 Å². The van der Waals surface area contributed by atoms with Gasteiger partial charge in [-0.1, -0.05) is 31.5 Å². The lowest BCUT2D eigenvalue weighted by Crippen LogP contribution is -2.30. The Morgan fingerprint density at radius 1 is 0.771 bits per heavy atom. The number of thioether (sulfide) groups is 1. The summed E-state index contributed by atoms with van der Waals surface area (Å²) in [5.41, 5.74) is 2.11. The number of carbonyl (C=O) groups excluding carboxylic acids is 3. The number of hydrogen-bond acceptors (Lipinski definition) is 8. The van der Waals surface area contributed by atoms with Crippen molar-refractivity contribution in [3.05, 3.63) is 108 Å². The summed E-state index contributed by atoms with van der Waals surface area (Å²) < 4.78 is 22.0. The Balaban J connectivity index is 1.42. The monoisotopic (exact) mass is 669 g/mol. The summed E-state index contributed by atoms with van der Waals surface area (Å²) in [5, 5.41) is 8.45. The van der Waals surface area contributed by atoms with E-state index in [1.165, 1.54) is 39.2 Å². The first kappa shape index (κ1) is 35.4. The highest BCUT2D eigenvalue weighted by molar-refractivity contribution is 8.00. The van der Waals surface area contributed by atoms with Gasteiger partial charge in [0.15, 0.2) is 11.5 Å². The SMILES string of the molecule is CCCCOc1ccc(NC(=O)CSc2ccc(NC(=O)/C(=C/c3cc(OC)c(OC)c(OC)c3)NC(=O)c3ccccc3)cc2)cc1. The molecule has 3 amide bonds. The van der Waals surface area contributed by atoms with Crippen molar-refractivity contribution in [2.75, 3.05) is 44.3 Å². The first-order valence-corrected chi connectivity index (χ1v) is 16.3. The Labute approximate surface area is 284 Å². The van der Waals surface area contributed by atoms with Crippen LogP contribution in [0.25, 0.3) is 6.08 Å². The van der Waals surface area contributed by atoms with Crippen LogP contribution in [0.1, 0.15) is 35.7 Å². The lowest BCUT2D eigenvalue weighted by molar-refractivity contribution is -0.114. The van der Waals surface area contributed by atoms with Crippen LogP contribution in [0.2, 0.25) is 0 Å². The predicted octanol–water partition coefficient (Wildman–Crippen LogP) is 7.03. The van der Waals surface area contributed by atoms with E-state index in [1.807, 2.05) is 24.3 Å². The van der Waals surface area contributed by atoms with Gasteiger partial charge in [-0.3, -0.25) is 14.4 Å². The van der Waals surface area contributed by atoms with Gasteiger partial charge in [0.2, 0.25) is 11.7 Å². The summed E-state index contributed by atoms with van der Waals surface area (Å²) in [5.74, 6) is 1.01. The van der Waals surface area contributed by atoms with Crippen LogP contribution in [0.15, 0.2) is 102 Å². The van der Waals surface area contributed by atoms with Gasteiger partial charge in [-0.15, -0.1) is 11.8 Å². The maximum absolute atomic E-state index is 13.5. The smallest absolute Gasteiger partial charge is 0.272 e. The van der Waals surface area contributed by atoms with Crippen LogP contribution in [0.3, 0.4) is 0 Å². The van der Waals surface area contributed by atoms with Crippen molar-refractivity contribution < 1.29 is 33.3 Å². The minimum Gasteiger partial charge on any atom is -0.494 e. The summed E-state index contributed by atoms with van der Waals surface area (Å²) in [6.45, 7) is 2.77. The van der Waals surface area contributed by atoms with Crippen LogP contribution < -0.4 is 34.9 Å². The lowest BCUT2D eigenvalue weighted by atomic mass is 10.1. The number of amides is 3. The van der Waals surface area contributed by atoms with Gasteiger partial charge in [0.05, 0.1) is 33.7 Å². The second kappa shape index (κ2) is 18.1. The van der Waals surface area contributed by atoms with Gasteiger partial charge in [0.25, 0.3) is 11.8 Å². The molecule has 0 fully saturated rings. The molecule has 4 rings (SSSR count). The molecule has 0 bridgehead atoms. The molecule has 0 saturated carbocycles. The molecule has 0 heterocycles. The molecular weight excluding hydrogens is 630 g/mol. The number of benzene rings is 4. The number of rotatable bonds is 16. The third-order valence-corrected chi connectivity index (χ3v) is 7.93. The molecular formula is C37H39N3O7S. The summed E-state index contributed by atoms with van der Waals surface area (Å²) >= 11 is 1.36. The Bertz CT molecular complexity index is 1680. The molecule has 0 aliphatic carbocycles. The molecule has 4 aromatic carbocycles. The second-order valence-corrected chi connectivity index (χ2v) is 11.4. The fraction of sp³-hybridized carbons (Fsp3) is 0.216. The van der Waals surface area contributed by atoms with E-state index < -0.39 is 11.8 Å². The largest absolute Gasteiger partial charge is 0.494 e. The average molecular weight is 670 g/mol. The minimum absolute atomic E-state index is 0.00574. The van der Waals surface area contributed by atoms with Crippen molar-refractivity contribution in [2.24, 2.45) is 0 Å². The quantitative estimate of drug-likeness (QED) is 0.0660. The lowest BCUT2D eigenvalue weighted by Gasteiger charge is -2.15. The number of carbonyl (C=O) groups is 3. The van der Waals surface area contributed by atoms with Crippen LogP contribution in [0, 0.1) is 0 Å². The molecule has 4 aromatic rings. The highest BCUT2D eigenvalue weighted by Gasteiger charge is 2.18. The summed E-state index contributed by atoms with van der Waals surface area (Å²) in [7, 11) is 4.49. The molecule has 48 heavy (non-hydrogen) atoms. The van der Waals surface area contributed by atoms with Crippen molar-refractivity contribution in [2.45, 2.75) is 24.7 Å². The predicted molar refractivity (Wildman–Crippen MR) is 189 cm³/mol. The van der Waals surface area contributed by atoms with Gasteiger partial charge in [-0.05, 0) is 90.9 Å². The molecule has 0 aromatic heterocycles. The fourth-order valence-corrected chi connectivity index (χ4v) is 5.14.